The average Bonchev–Trinajstić information content (AvgIpc) is 3.29. The zero-order valence-electron chi connectivity index (χ0n) is 22.8. The summed E-state index contributed by atoms with van der Waals surface area (Å²) in [4.78, 5) is 1.68. The van der Waals surface area contributed by atoms with E-state index in [1.807, 2.05) is 97.1 Å². The first kappa shape index (κ1) is 26.9. The lowest BCUT2D eigenvalue weighted by molar-refractivity contribution is 0.604. The van der Waals surface area contributed by atoms with Crippen molar-refractivity contribution < 1.29 is 16.8 Å². The van der Waals surface area contributed by atoms with Gasteiger partial charge in [-0.25, -0.2) is 16.8 Å². The van der Waals surface area contributed by atoms with Crippen molar-refractivity contribution in [1.29, 1.82) is 0 Å². The van der Waals surface area contributed by atoms with Crippen LogP contribution in [-0.4, -0.2) is 16.8 Å². The van der Waals surface area contributed by atoms with Crippen LogP contribution >= 0.6 is 0 Å². The van der Waals surface area contributed by atoms with Crippen molar-refractivity contribution >= 4 is 57.3 Å². The third kappa shape index (κ3) is 4.54. The molecule has 0 unspecified atom stereocenters. The number of benzene rings is 6. The van der Waals surface area contributed by atoms with Crippen LogP contribution in [-0.2, 0) is 19.7 Å². The Balaban J connectivity index is 1.41. The number of hydrogen-bond acceptors (Lipinski definition) is 5. The number of nitrogens with zero attached hydrogens (tertiary/aromatic N) is 1. The number of rotatable bonds is 6. The van der Waals surface area contributed by atoms with Gasteiger partial charge in [0.25, 0.3) is 0 Å². The smallest absolute Gasteiger partial charge is 0.209 e. The van der Waals surface area contributed by atoms with E-state index in [1.165, 1.54) is 12.1 Å². The fourth-order valence-corrected chi connectivity index (χ4v) is 9.67. The first-order chi connectivity index (χ1) is 20.9. The van der Waals surface area contributed by atoms with Crippen molar-refractivity contribution in [2.75, 3.05) is 4.90 Å². The van der Waals surface area contributed by atoms with E-state index in [0.717, 1.165) is 27.8 Å². The summed E-state index contributed by atoms with van der Waals surface area (Å²) >= 11 is 0. The zero-order chi connectivity index (χ0) is 29.6. The second-order valence-corrected chi connectivity index (χ2v) is 14.0. The van der Waals surface area contributed by atoms with Gasteiger partial charge in [0.05, 0.1) is 19.6 Å². The third-order valence-corrected chi connectivity index (χ3v) is 11.5. The molecule has 0 saturated carbocycles. The van der Waals surface area contributed by atoms with Gasteiger partial charge in [-0.05, 0) is 70.9 Å². The van der Waals surface area contributed by atoms with Crippen molar-refractivity contribution in [3.63, 3.8) is 0 Å². The van der Waals surface area contributed by atoms with E-state index in [-0.39, 0.29) is 25.2 Å². The molecule has 0 fully saturated rings. The number of anilines is 3. The van der Waals surface area contributed by atoms with Crippen LogP contribution in [0.2, 0.25) is 0 Å². The molecule has 7 rings (SSSR count). The molecule has 1 heterocycles. The molecule has 43 heavy (non-hydrogen) atoms. The molecule has 0 N–H and O–H groups in total. The van der Waals surface area contributed by atoms with Crippen LogP contribution in [0.5, 0.6) is 0 Å². The van der Waals surface area contributed by atoms with E-state index in [4.69, 9.17) is 0 Å². The summed E-state index contributed by atoms with van der Waals surface area (Å²) in [6.45, 7) is 0. The van der Waals surface area contributed by atoms with Gasteiger partial charge in [-0.1, -0.05) is 97.1 Å². The Morgan fingerprint density at radius 1 is 0.512 bits per heavy atom. The zero-order valence-corrected chi connectivity index (χ0v) is 24.5. The van der Waals surface area contributed by atoms with Gasteiger partial charge in [-0.15, -0.1) is 0 Å². The number of sulfone groups is 2. The van der Waals surface area contributed by atoms with Crippen LogP contribution in [0.25, 0.3) is 20.6 Å². The molecule has 7 heteroatoms. The molecule has 0 amide bonds. The molecule has 0 atom stereocenters. The lowest BCUT2D eigenvalue weighted by Crippen LogP contribution is -2.10. The molecule has 5 nitrogen and oxygen atoms in total. The molecular weight excluding hydrogens is 575 g/mol. The van der Waals surface area contributed by atoms with Crippen LogP contribution < -0.4 is 4.90 Å². The first-order valence-corrected chi connectivity index (χ1v) is 16.7. The van der Waals surface area contributed by atoms with Crippen molar-refractivity contribution in [3.8, 4) is 0 Å². The monoisotopic (exact) mass is 599 g/mol. The van der Waals surface area contributed by atoms with Gasteiger partial charge in [0, 0.05) is 22.6 Å². The van der Waals surface area contributed by atoms with Gasteiger partial charge in [-0.2, -0.15) is 0 Å². The van der Waals surface area contributed by atoms with Crippen molar-refractivity contribution in [3.05, 3.63) is 163 Å². The summed E-state index contributed by atoms with van der Waals surface area (Å²) in [5.74, 6) is 0. The second-order valence-electron chi connectivity index (χ2n) is 10.2. The summed E-state index contributed by atoms with van der Waals surface area (Å²) in [6, 6.07) is 45.4. The third-order valence-electron chi connectivity index (χ3n) is 7.61. The lowest BCUT2D eigenvalue weighted by Gasteiger charge is -2.25. The molecule has 0 spiro atoms. The average molecular weight is 600 g/mol. The summed E-state index contributed by atoms with van der Waals surface area (Å²) in [6.07, 6.45) is 0. The quantitative estimate of drug-likeness (QED) is 0.192. The van der Waals surface area contributed by atoms with Gasteiger partial charge in [0.2, 0.25) is 19.7 Å². The summed E-state index contributed by atoms with van der Waals surface area (Å²) < 4.78 is 56.7. The minimum absolute atomic E-state index is 0.0105. The number of para-hydroxylation sites is 2. The minimum Gasteiger partial charge on any atom is -0.311 e. The van der Waals surface area contributed by atoms with Crippen molar-refractivity contribution in [2.24, 2.45) is 0 Å². The molecule has 0 radical (unpaired) electrons. The highest BCUT2D eigenvalue weighted by Gasteiger charge is 2.42. The van der Waals surface area contributed by atoms with Crippen LogP contribution in [0.3, 0.4) is 0 Å². The Morgan fingerprint density at radius 2 is 1.05 bits per heavy atom. The molecule has 1 aliphatic rings. The Labute approximate surface area is 250 Å². The van der Waals surface area contributed by atoms with E-state index in [2.05, 4.69) is 4.90 Å². The highest BCUT2D eigenvalue weighted by molar-refractivity contribution is 8.07. The van der Waals surface area contributed by atoms with Crippen molar-refractivity contribution in [1.82, 2.24) is 0 Å². The predicted octanol–water partition coefficient (Wildman–Crippen LogP) is 8.40. The standard InChI is InChI=1S/C36H25NO4S2/c38-42(39,32-24-21-26-11-7-8-12-28(26)25-32)36-33-17-9-10-18-34(33)43(40,41)35(36)27-19-22-31(23-20-27)37(29-13-3-1-4-14-29)30-15-5-2-6-16-30/h1-25H. The largest absolute Gasteiger partial charge is 0.311 e. The second kappa shape index (κ2) is 10.4. The van der Waals surface area contributed by atoms with Gasteiger partial charge in [-0.3, -0.25) is 0 Å². The molecule has 210 valence electrons. The Hall–Kier alpha value is -4.98. The van der Waals surface area contributed by atoms with E-state index in [1.54, 1.807) is 42.5 Å². The highest BCUT2D eigenvalue weighted by atomic mass is 32.2. The van der Waals surface area contributed by atoms with Gasteiger partial charge in [0.1, 0.15) is 0 Å². The molecule has 0 saturated heterocycles. The molecular formula is C36H25NO4S2. The van der Waals surface area contributed by atoms with E-state index in [0.29, 0.717) is 5.56 Å². The Kier molecular flexibility index (Phi) is 6.49. The Morgan fingerprint density at radius 3 is 1.70 bits per heavy atom. The topological polar surface area (TPSA) is 71.5 Å². The maximum atomic E-state index is 14.3. The van der Waals surface area contributed by atoms with Crippen LogP contribution in [0.1, 0.15) is 11.1 Å². The summed E-state index contributed by atoms with van der Waals surface area (Å²) in [7, 11) is -8.37. The van der Waals surface area contributed by atoms with Crippen LogP contribution in [0.4, 0.5) is 17.1 Å². The fraction of sp³-hybridized carbons (Fsp3) is 0. The Bertz CT molecular complexity index is 2200. The number of fused-ring (bicyclic) bond motifs is 2. The van der Waals surface area contributed by atoms with Crippen LogP contribution in [0.15, 0.2) is 161 Å². The molecule has 0 bridgehead atoms. The van der Waals surface area contributed by atoms with E-state index >= 15 is 0 Å². The van der Waals surface area contributed by atoms with Gasteiger partial charge >= 0.3 is 0 Å². The summed E-state index contributed by atoms with van der Waals surface area (Å²) in [5.41, 5.74) is 3.15. The first-order valence-electron chi connectivity index (χ1n) is 13.7. The highest BCUT2D eigenvalue weighted by Crippen LogP contribution is 2.49. The summed E-state index contributed by atoms with van der Waals surface area (Å²) in [5, 5.41) is 1.65. The predicted molar refractivity (Wildman–Crippen MR) is 173 cm³/mol. The lowest BCUT2D eigenvalue weighted by atomic mass is 10.1. The molecule has 0 aliphatic carbocycles. The van der Waals surface area contributed by atoms with Gasteiger partial charge in [0.15, 0.2) is 0 Å². The maximum Gasteiger partial charge on any atom is 0.209 e. The van der Waals surface area contributed by atoms with E-state index in [9.17, 15) is 16.8 Å². The van der Waals surface area contributed by atoms with E-state index < -0.39 is 19.7 Å². The maximum absolute atomic E-state index is 14.3. The fourth-order valence-electron chi connectivity index (χ4n) is 5.61. The van der Waals surface area contributed by atoms with Gasteiger partial charge < -0.3 is 4.90 Å². The molecule has 0 aromatic heterocycles. The SMILES string of the molecule is O=S(=O)(C1=C(c2ccc(N(c3ccccc3)c3ccccc3)cc2)S(=O)(=O)c2ccccc21)c1ccc2ccccc2c1. The molecule has 6 aromatic rings. The molecule has 6 aromatic carbocycles. The van der Waals surface area contributed by atoms with Crippen LogP contribution in [0, 0.1) is 0 Å². The van der Waals surface area contributed by atoms with Crippen molar-refractivity contribution in [2.45, 2.75) is 9.79 Å². The minimum atomic E-state index is -4.23. The number of hydrogen-bond donors (Lipinski definition) is 0. The normalized spacial score (nSPS) is 14.0. The molecule has 1 aliphatic heterocycles.